The van der Waals surface area contributed by atoms with Crippen molar-refractivity contribution >= 4 is 31.2 Å². The molecule has 3 aromatic rings. The fourth-order valence-corrected chi connectivity index (χ4v) is 7.07. The van der Waals surface area contributed by atoms with Gasteiger partial charge in [0.05, 0.1) is 27.2 Å². The minimum absolute atomic E-state index is 0.0270. The van der Waals surface area contributed by atoms with Crippen molar-refractivity contribution in [2.24, 2.45) is 5.92 Å². The molecule has 0 saturated carbocycles. The zero-order valence-electron chi connectivity index (χ0n) is 20.6. The van der Waals surface area contributed by atoms with Gasteiger partial charge in [0, 0.05) is 17.5 Å². The van der Waals surface area contributed by atoms with Gasteiger partial charge in [0.25, 0.3) is 0 Å². The van der Waals surface area contributed by atoms with Crippen LogP contribution in [-0.2, 0) is 19.7 Å². The third kappa shape index (κ3) is 6.77. The van der Waals surface area contributed by atoms with Crippen LogP contribution in [0, 0.1) is 19.8 Å². The molecule has 8 heteroatoms. The molecule has 190 valence electrons. The molecule has 0 saturated heterocycles. The largest absolute Gasteiger partial charge is 0.294 e. The molecule has 0 aromatic heterocycles. The van der Waals surface area contributed by atoms with Crippen molar-refractivity contribution in [3.63, 3.8) is 0 Å². The fourth-order valence-electron chi connectivity index (χ4n) is 3.84. The van der Waals surface area contributed by atoms with Crippen molar-refractivity contribution in [3.8, 4) is 0 Å². The van der Waals surface area contributed by atoms with Gasteiger partial charge < -0.3 is 0 Å². The van der Waals surface area contributed by atoms with E-state index in [0.29, 0.717) is 18.4 Å². The fraction of sp³-hybridized carbons (Fsp3) is 0.286. The smallest absolute Gasteiger partial charge is 0.179 e. The Kier molecular flexibility index (Phi) is 8.63. The predicted molar refractivity (Wildman–Crippen MR) is 140 cm³/mol. The molecule has 0 amide bonds. The summed E-state index contributed by atoms with van der Waals surface area (Å²) >= 11 is 0. The van der Waals surface area contributed by atoms with E-state index in [-0.39, 0.29) is 21.1 Å². The Hall–Kier alpha value is -3.10. The first-order valence-corrected chi connectivity index (χ1v) is 15.0. The van der Waals surface area contributed by atoms with Crippen LogP contribution in [0.1, 0.15) is 51.6 Å². The number of Topliss-reactive ketones (excluding diaryl/α,β-unsaturated/α-hetero) is 2. The van der Waals surface area contributed by atoms with Gasteiger partial charge in [-0.25, -0.2) is 16.8 Å². The number of carbonyl (C=O) groups excluding carboxylic acids is 2. The summed E-state index contributed by atoms with van der Waals surface area (Å²) in [6.07, 6.45) is 1.06. The molecule has 0 aliphatic carbocycles. The van der Waals surface area contributed by atoms with Crippen molar-refractivity contribution in [2.75, 3.05) is 11.5 Å². The van der Waals surface area contributed by atoms with E-state index >= 15 is 0 Å². The topological polar surface area (TPSA) is 102 Å². The van der Waals surface area contributed by atoms with Gasteiger partial charge in [-0.2, -0.15) is 0 Å². The lowest BCUT2D eigenvalue weighted by Gasteiger charge is -2.17. The highest BCUT2D eigenvalue weighted by molar-refractivity contribution is 7.92. The SMILES string of the molecule is CCCC(=O)c1ccc(C(=O)C(CS(=O)(=O)c2ccc(C)cc2)CS(=O)(=O)c2ccc(C)cc2)cc1. The maximum atomic E-state index is 13.5. The van der Waals surface area contributed by atoms with Gasteiger partial charge in [-0.3, -0.25) is 9.59 Å². The summed E-state index contributed by atoms with van der Waals surface area (Å²) in [5, 5.41) is 0. The van der Waals surface area contributed by atoms with Gasteiger partial charge >= 0.3 is 0 Å². The zero-order valence-corrected chi connectivity index (χ0v) is 22.2. The number of benzene rings is 3. The van der Waals surface area contributed by atoms with Gasteiger partial charge in [0.1, 0.15) is 0 Å². The molecule has 0 fully saturated rings. The van der Waals surface area contributed by atoms with Crippen LogP contribution in [0.4, 0.5) is 0 Å². The van der Waals surface area contributed by atoms with Crippen LogP contribution in [0.3, 0.4) is 0 Å². The minimum Gasteiger partial charge on any atom is -0.294 e. The molecule has 36 heavy (non-hydrogen) atoms. The Morgan fingerprint density at radius 1 is 0.639 bits per heavy atom. The molecule has 0 spiro atoms. The first kappa shape index (κ1) is 27.5. The van der Waals surface area contributed by atoms with Gasteiger partial charge in [0.15, 0.2) is 31.2 Å². The van der Waals surface area contributed by atoms with E-state index in [0.717, 1.165) is 11.1 Å². The van der Waals surface area contributed by atoms with Gasteiger partial charge in [0.2, 0.25) is 0 Å². The highest BCUT2D eigenvalue weighted by Gasteiger charge is 2.32. The van der Waals surface area contributed by atoms with E-state index in [1.807, 2.05) is 20.8 Å². The molecule has 0 aliphatic heterocycles. The van der Waals surface area contributed by atoms with Crippen molar-refractivity contribution in [1.29, 1.82) is 0 Å². The van der Waals surface area contributed by atoms with E-state index in [1.165, 1.54) is 48.5 Å². The predicted octanol–water partition coefficient (Wildman–Crippen LogP) is 5.03. The van der Waals surface area contributed by atoms with Crippen LogP contribution in [0.25, 0.3) is 0 Å². The average Bonchev–Trinajstić information content (AvgIpc) is 2.83. The highest BCUT2D eigenvalue weighted by Crippen LogP contribution is 2.23. The van der Waals surface area contributed by atoms with Gasteiger partial charge in [-0.1, -0.05) is 66.6 Å². The first-order valence-electron chi connectivity index (χ1n) is 11.7. The molecule has 3 rings (SSSR count). The second kappa shape index (κ2) is 11.3. The monoisotopic (exact) mass is 526 g/mol. The molecule has 0 unspecified atom stereocenters. The van der Waals surface area contributed by atoms with E-state index in [4.69, 9.17) is 0 Å². The summed E-state index contributed by atoms with van der Waals surface area (Å²) < 4.78 is 52.7. The first-order chi connectivity index (χ1) is 16.9. The van der Waals surface area contributed by atoms with E-state index in [9.17, 15) is 26.4 Å². The van der Waals surface area contributed by atoms with Crippen LogP contribution >= 0.6 is 0 Å². The third-order valence-electron chi connectivity index (χ3n) is 5.94. The number of ketones is 2. The summed E-state index contributed by atoms with van der Waals surface area (Å²) in [5.74, 6) is -3.31. The Morgan fingerprint density at radius 2 is 1.03 bits per heavy atom. The van der Waals surface area contributed by atoms with Crippen molar-refractivity contribution < 1.29 is 26.4 Å². The van der Waals surface area contributed by atoms with Gasteiger partial charge in [-0.15, -0.1) is 0 Å². The van der Waals surface area contributed by atoms with Crippen LogP contribution in [0.15, 0.2) is 82.6 Å². The summed E-state index contributed by atoms with van der Waals surface area (Å²) in [4.78, 5) is 25.7. The van der Waals surface area contributed by atoms with E-state index < -0.39 is 42.9 Å². The Bertz CT molecular complexity index is 1360. The van der Waals surface area contributed by atoms with Crippen molar-refractivity contribution in [2.45, 2.75) is 43.4 Å². The van der Waals surface area contributed by atoms with Crippen LogP contribution < -0.4 is 0 Å². The Morgan fingerprint density at radius 3 is 1.42 bits per heavy atom. The normalized spacial score (nSPS) is 12.0. The maximum Gasteiger partial charge on any atom is 0.179 e. The molecule has 3 aromatic carbocycles. The standard InChI is InChI=1S/C28H30O6S2/c1-4-5-27(29)22-10-12-23(13-11-22)28(30)24(18-35(31,32)25-14-6-20(2)7-15-25)19-36(33,34)26-16-8-21(3)9-17-26/h6-17,24H,4-5,18-19H2,1-3H3. The third-order valence-corrected chi connectivity index (χ3v) is 9.60. The molecule has 0 atom stereocenters. The van der Waals surface area contributed by atoms with Gasteiger partial charge in [-0.05, 0) is 44.5 Å². The van der Waals surface area contributed by atoms with Crippen LogP contribution in [0.5, 0.6) is 0 Å². The van der Waals surface area contributed by atoms with Crippen LogP contribution in [-0.4, -0.2) is 39.9 Å². The number of carbonyl (C=O) groups is 2. The Balaban J connectivity index is 1.97. The highest BCUT2D eigenvalue weighted by atomic mass is 32.2. The van der Waals surface area contributed by atoms with E-state index in [1.54, 1.807) is 24.3 Å². The molecule has 0 aliphatic rings. The lowest BCUT2D eigenvalue weighted by Crippen LogP contribution is -2.31. The van der Waals surface area contributed by atoms with Crippen molar-refractivity contribution in [1.82, 2.24) is 0 Å². The quantitative estimate of drug-likeness (QED) is 0.325. The number of hydrogen-bond donors (Lipinski definition) is 0. The molecular weight excluding hydrogens is 496 g/mol. The molecule has 6 nitrogen and oxygen atoms in total. The molecular formula is C28H30O6S2. The van der Waals surface area contributed by atoms with Crippen molar-refractivity contribution in [3.05, 3.63) is 95.1 Å². The Labute approximate surface area is 213 Å². The lowest BCUT2D eigenvalue weighted by atomic mass is 9.98. The lowest BCUT2D eigenvalue weighted by molar-refractivity contribution is 0.0939. The van der Waals surface area contributed by atoms with E-state index in [2.05, 4.69) is 0 Å². The second-order valence-corrected chi connectivity index (χ2v) is 13.1. The molecule has 0 heterocycles. The summed E-state index contributed by atoms with van der Waals surface area (Å²) in [6.45, 7) is 5.54. The summed E-state index contributed by atoms with van der Waals surface area (Å²) in [5.41, 5.74) is 2.36. The molecule has 0 radical (unpaired) electrons. The second-order valence-electron chi connectivity index (χ2n) is 9.00. The molecule has 0 bridgehead atoms. The molecule has 0 N–H and O–H groups in total. The number of rotatable bonds is 11. The maximum absolute atomic E-state index is 13.5. The zero-order chi connectivity index (χ0) is 26.5. The summed E-state index contributed by atoms with van der Waals surface area (Å²) in [7, 11) is -7.92. The summed E-state index contributed by atoms with van der Waals surface area (Å²) in [6, 6.07) is 18.4. The number of aryl methyl sites for hydroxylation is 2. The van der Waals surface area contributed by atoms with Crippen LogP contribution in [0.2, 0.25) is 0 Å². The minimum atomic E-state index is -3.96. The number of sulfone groups is 2. The average molecular weight is 527 g/mol. The number of hydrogen-bond acceptors (Lipinski definition) is 6.